The van der Waals surface area contributed by atoms with Gasteiger partial charge in [0.25, 0.3) is 0 Å². The van der Waals surface area contributed by atoms with Crippen LogP contribution in [0.5, 0.6) is 0 Å². The maximum absolute atomic E-state index is 12.1. The monoisotopic (exact) mass is 407 g/mol. The summed E-state index contributed by atoms with van der Waals surface area (Å²) in [4.78, 5) is 20.9. The highest BCUT2D eigenvalue weighted by Gasteiger charge is 2.18. The second-order valence-electron chi connectivity index (χ2n) is 6.06. The van der Waals surface area contributed by atoms with Gasteiger partial charge in [-0.3, -0.25) is 4.79 Å². The van der Waals surface area contributed by atoms with Crippen LogP contribution in [0.3, 0.4) is 0 Å². The number of carbonyl (C=O) groups excluding carboxylic acids is 1. The van der Waals surface area contributed by atoms with Gasteiger partial charge in [0.05, 0.1) is 12.5 Å². The van der Waals surface area contributed by atoms with Gasteiger partial charge >= 0.3 is 0 Å². The number of hydrogen-bond acceptors (Lipinski definition) is 8. The fourth-order valence-electron chi connectivity index (χ4n) is 2.59. The third kappa shape index (κ3) is 4.69. The van der Waals surface area contributed by atoms with Crippen LogP contribution in [0.1, 0.15) is 12.1 Å². The molecule has 146 valence electrons. The maximum Gasteiger partial charge on any atom is 0.226 e. The molecule has 0 aliphatic heterocycles. The van der Waals surface area contributed by atoms with Gasteiger partial charge in [0, 0.05) is 17.9 Å². The standard InChI is InChI=1S/C20H17N5O3S/c1-13-5-2-8-16(21-13)22-17(26)9-12-29-20-23-18(14-6-3-10-27-14)19(24-25-20)15-7-4-11-28-15/h2-8,10-11H,9,12H2,1H3,(H,21,22,26). The zero-order valence-electron chi connectivity index (χ0n) is 15.5. The molecule has 8 nitrogen and oxygen atoms in total. The lowest BCUT2D eigenvalue weighted by Gasteiger charge is -2.06. The van der Waals surface area contributed by atoms with E-state index in [1.54, 1.807) is 42.9 Å². The molecule has 9 heteroatoms. The van der Waals surface area contributed by atoms with Crippen molar-refractivity contribution in [2.24, 2.45) is 0 Å². The zero-order valence-corrected chi connectivity index (χ0v) is 16.3. The lowest BCUT2D eigenvalue weighted by atomic mass is 10.2. The largest absolute Gasteiger partial charge is 0.463 e. The number of aromatic nitrogens is 4. The van der Waals surface area contributed by atoms with Crippen molar-refractivity contribution in [3.8, 4) is 22.9 Å². The molecule has 1 N–H and O–H groups in total. The van der Waals surface area contributed by atoms with Gasteiger partial charge in [0.1, 0.15) is 11.5 Å². The Labute approximate surface area is 170 Å². The molecular weight excluding hydrogens is 390 g/mol. The molecule has 0 atom stereocenters. The fourth-order valence-corrected chi connectivity index (χ4v) is 3.31. The van der Waals surface area contributed by atoms with Gasteiger partial charge in [-0.1, -0.05) is 17.8 Å². The summed E-state index contributed by atoms with van der Waals surface area (Å²) in [6, 6.07) is 12.6. The molecule has 0 unspecified atom stereocenters. The molecule has 1 amide bonds. The number of aryl methyl sites for hydroxylation is 1. The first kappa shape index (κ1) is 18.9. The van der Waals surface area contributed by atoms with E-state index >= 15 is 0 Å². The lowest BCUT2D eigenvalue weighted by molar-refractivity contribution is -0.115. The molecule has 0 bridgehead atoms. The molecule has 0 saturated carbocycles. The molecule has 0 aliphatic carbocycles. The van der Waals surface area contributed by atoms with E-state index in [1.165, 1.54) is 11.8 Å². The molecule has 29 heavy (non-hydrogen) atoms. The summed E-state index contributed by atoms with van der Waals surface area (Å²) < 4.78 is 10.9. The van der Waals surface area contributed by atoms with E-state index in [2.05, 4.69) is 25.5 Å². The molecule has 0 radical (unpaired) electrons. The summed E-state index contributed by atoms with van der Waals surface area (Å²) >= 11 is 1.34. The third-order valence-electron chi connectivity index (χ3n) is 3.89. The van der Waals surface area contributed by atoms with Crippen molar-refractivity contribution in [1.82, 2.24) is 20.2 Å². The topological polar surface area (TPSA) is 107 Å². The van der Waals surface area contributed by atoms with Crippen LogP contribution in [0.2, 0.25) is 0 Å². The number of hydrogen-bond donors (Lipinski definition) is 1. The highest BCUT2D eigenvalue weighted by Crippen LogP contribution is 2.30. The molecule has 4 aromatic heterocycles. The van der Waals surface area contributed by atoms with Crippen LogP contribution in [0, 0.1) is 6.92 Å². The molecular formula is C20H17N5O3S. The van der Waals surface area contributed by atoms with Crippen molar-refractivity contribution < 1.29 is 13.6 Å². The molecule has 4 heterocycles. The van der Waals surface area contributed by atoms with Crippen molar-refractivity contribution >= 4 is 23.5 Å². The van der Waals surface area contributed by atoms with Crippen LogP contribution in [-0.4, -0.2) is 31.8 Å². The Balaban J connectivity index is 1.43. The quantitative estimate of drug-likeness (QED) is 0.454. The van der Waals surface area contributed by atoms with Gasteiger partial charge < -0.3 is 14.2 Å². The number of pyridine rings is 1. The number of furan rings is 2. The minimum Gasteiger partial charge on any atom is -0.463 e. The Morgan fingerprint density at radius 2 is 1.72 bits per heavy atom. The van der Waals surface area contributed by atoms with E-state index < -0.39 is 0 Å². The Morgan fingerprint density at radius 3 is 2.41 bits per heavy atom. The normalized spacial score (nSPS) is 10.8. The van der Waals surface area contributed by atoms with Gasteiger partial charge in [0.2, 0.25) is 11.1 Å². The Bertz CT molecular complexity index is 1100. The van der Waals surface area contributed by atoms with Crippen LogP contribution in [0.15, 0.2) is 69.0 Å². The summed E-state index contributed by atoms with van der Waals surface area (Å²) in [5.74, 6) is 2.04. The average molecular weight is 407 g/mol. The Morgan fingerprint density at radius 1 is 0.966 bits per heavy atom. The first-order valence-electron chi connectivity index (χ1n) is 8.88. The van der Waals surface area contributed by atoms with Crippen LogP contribution >= 0.6 is 11.8 Å². The highest BCUT2D eigenvalue weighted by atomic mass is 32.2. The third-order valence-corrected chi connectivity index (χ3v) is 4.73. The van der Waals surface area contributed by atoms with Gasteiger partial charge in [-0.25, -0.2) is 9.97 Å². The molecule has 4 rings (SSSR count). The maximum atomic E-state index is 12.1. The molecule has 4 aromatic rings. The predicted octanol–water partition coefficient (Wildman–Crippen LogP) is 4.22. The number of thioether (sulfide) groups is 1. The van der Waals surface area contributed by atoms with Crippen molar-refractivity contribution in [3.63, 3.8) is 0 Å². The van der Waals surface area contributed by atoms with Gasteiger partial charge in [-0.15, -0.1) is 10.2 Å². The molecule has 0 aromatic carbocycles. The number of rotatable bonds is 7. The lowest BCUT2D eigenvalue weighted by Crippen LogP contribution is -2.13. The van der Waals surface area contributed by atoms with E-state index in [-0.39, 0.29) is 5.91 Å². The summed E-state index contributed by atoms with van der Waals surface area (Å²) in [6.07, 6.45) is 3.42. The first-order chi connectivity index (χ1) is 14.2. The summed E-state index contributed by atoms with van der Waals surface area (Å²) in [7, 11) is 0. The number of nitrogens with zero attached hydrogens (tertiary/aromatic N) is 4. The number of nitrogens with one attached hydrogen (secondary N) is 1. The Kier molecular flexibility index (Phi) is 5.66. The van der Waals surface area contributed by atoms with Crippen LogP contribution in [0.25, 0.3) is 22.9 Å². The van der Waals surface area contributed by atoms with E-state index in [4.69, 9.17) is 8.83 Å². The van der Waals surface area contributed by atoms with E-state index in [9.17, 15) is 4.79 Å². The zero-order chi connectivity index (χ0) is 20.1. The van der Waals surface area contributed by atoms with Gasteiger partial charge in [-0.05, 0) is 43.3 Å². The second-order valence-corrected chi connectivity index (χ2v) is 7.12. The second kappa shape index (κ2) is 8.70. The molecule has 0 spiro atoms. The van der Waals surface area contributed by atoms with Crippen molar-refractivity contribution in [2.45, 2.75) is 18.5 Å². The SMILES string of the molecule is Cc1cccc(NC(=O)CCSc2nnc(-c3ccco3)c(-c3ccco3)n2)n1. The number of amides is 1. The predicted molar refractivity (Wildman–Crippen MR) is 108 cm³/mol. The molecule has 0 aliphatic rings. The average Bonchev–Trinajstić information content (AvgIpc) is 3.42. The minimum atomic E-state index is -0.123. The first-order valence-corrected chi connectivity index (χ1v) is 9.86. The van der Waals surface area contributed by atoms with Crippen molar-refractivity contribution in [2.75, 3.05) is 11.1 Å². The number of carbonyl (C=O) groups is 1. The van der Waals surface area contributed by atoms with Crippen LogP contribution < -0.4 is 5.32 Å². The Hall–Kier alpha value is -3.46. The number of anilines is 1. The molecule has 0 fully saturated rings. The summed E-state index contributed by atoms with van der Waals surface area (Å²) in [5, 5.41) is 11.6. The highest BCUT2D eigenvalue weighted by molar-refractivity contribution is 7.99. The van der Waals surface area contributed by atoms with Gasteiger partial charge in [-0.2, -0.15) is 0 Å². The van der Waals surface area contributed by atoms with Crippen molar-refractivity contribution in [3.05, 3.63) is 60.7 Å². The van der Waals surface area contributed by atoms with Crippen molar-refractivity contribution in [1.29, 1.82) is 0 Å². The van der Waals surface area contributed by atoms with E-state index in [1.807, 2.05) is 19.1 Å². The van der Waals surface area contributed by atoms with Crippen LogP contribution in [-0.2, 0) is 4.79 Å². The fraction of sp³-hybridized carbons (Fsp3) is 0.150. The molecule has 0 saturated heterocycles. The van der Waals surface area contributed by atoms with Gasteiger partial charge in [0.15, 0.2) is 17.2 Å². The van der Waals surface area contributed by atoms with E-state index in [0.717, 1.165) is 5.69 Å². The minimum absolute atomic E-state index is 0.123. The van der Waals surface area contributed by atoms with Crippen LogP contribution in [0.4, 0.5) is 5.82 Å². The smallest absolute Gasteiger partial charge is 0.226 e. The summed E-state index contributed by atoms with van der Waals surface area (Å²) in [5.41, 5.74) is 1.88. The van der Waals surface area contributed by atoms with E-state index in [0.29, 0.717) is 46.1 Å². The summed E-state index contributed by atoms with van der Waals surface area (Å²) in [6.45, 7) is 1.87.